The van der Waals surface area contributed by atoms with Crippen LogP contribution in [0.25, 0.3) is 0 Å². The Kier molecular flexibility index (Phi) is 13.6. The molecule has 0 atom stereocenters. The molecule has 31 heavy (non-hydrogen) atoms. The summed E-state index contributed by atoms with van der Waals surface area (Å²) in [7, 11) is 1.99. The van der Waals surface area contributed by atoms with Gasteiger partial charge in [-0.3, -0.25) is 4.90 Å². The van der Waals surface area contributed by atoms with E-state index in [4.69, 9.17) is 9.73 Å². The lowest BCUT2D eigenvalue weighted by molar-refractivity contribution is 0.0376. The number of guanidine groups is 1. The van der Waals surface area contributed by atoms with Gasteiger partial charge in [-0.25, -0.2) is 4.99 Å². The molecule has 0 aromatic carbocycles. The summed E-state index contributed by atoms with van der Waals surface area (Å²) in [5.41, 5.74) is 0.243. The highest BCUT2D eigenvalue weighted by Gasteiger charge is 2.18. The fourth-order valence-electron chi connectivity index (χ4n) is 3.51. The maximum Gasteiger partial charge on any atom is 0.191 e. The zero-order chi connectivity index (χ0) is 21.8. The van der Waals surface area contributed by atoms with Crippen molar-refractivity contribution in [1.82, 2.24) is 30.3 Å². The van der Waals surface area contributed by atoms with E-state index in [1.807, 2.05) is 18.5 Å². The first kappa shape index (κ1) is 28.1. The molecule has 0 unspecified atom stereocenters. The fourth-order valence-corrected chi connectivity index (χ4v) is 3.51. The number of aryl methyl sites for hydroxylation is 1. The predicted octanol–water partition coefficient (Wildman–Crippen LogP) is 3.11. The van der Waals surface area contributed by atoms with Crippen molar-refractivity contribution in [3.63, 3.8) is 0 Å². The van der Waals surface area contributed by atoms with Gasteiger partial charge in [-0.15, -0.1) is 34.2 Å². The zero-order valence-electron chi connectivity index (χ0n) is 20.2. The molecule has 1 aromatic rings. The van der Waals surface area contributed by atoms with Crippen molar-refractivity contribution in [3.8, 4) is 0 Å². The van der Waals surface area contributed by atoms with Crippen molar-refractivity contribution in [2.24, 2.45) is 17.5 Å². The van der Waals surface area contributed by atoms with Gasteiger partial charge in [-0.1, -0.05) is 40.0 Å². The van der Waals surface area contributed by atoms with Crippen LogP contribution in [0, 0.1) is 12.3 Å². The Morgan fingerprint density at radius 2 is 1.87 bits per heavy atom. The summed E-state index contributed by atoms with van der Waals surface area (Å²) in [4.78, 5) is 7.26. The van der Waals surface area contributed by atoms with Gasteiger partial charge < -0.3 is 19.9 Å². The normalized spacial score (nSPS) is 15.6. The highest BCUT2D eigenvalue weighted by Crippen LogP contribution is 2.22. The van der Waals surface area contributed by atoms with Gasteiger partial charge in [0.05, 0.1) is 13.2 Å². The molecule has 2 heterocycles. The van der Waals surface area contributed by atoms with Crippen molar-refractivity contribution in [2.45, 2.75) is 66.3 Å². The van der Waals surface area contributed by atoms with Gasteiger partial charge in [-0.05, 0) is 31.7 Å². The number of rotatable bonds is 12. The molecule has 180 valence electrons. The summed E-state index contributed by atoms with van der Waals surface area (Å²) in [5.74, 6) is 2.65. The molecule has 0 aliphatic carbocycles. The van der Waals surface area contributed by atoms with Crippen LogP contribution in [0.4, 0.5) is 0 Å². The molecule has 1 aromatic heterocycles. The predicted molar refractivity (Wildman–Crippen MR) is 138 cm³/mol. The van der Waals surface area contributed by atoms with Crippen LogP contribution >= 0.6 is 24.0 Å². The van der Waals surface area contributed by atoms with Gasteiger partial charge >= 0.3 is 0 Å². The molecule has 2 rings (SSSR count). The van der Waals surface area contributed by atoms with Crippen molar-refractivity contribution < 1.29 is 4.74 Å². The van der Waals surface area contributed by atoms with Gasteiger partial charge in [0.25, 0.3) is 0 Å². The lowest BCUT2D eigenvalue weighted by Crippen LogP contribution is -2.43. The number of morpholine rings is 1. The van der Waals surface area contributed by atoms with E-state index in [9.17, 15) is 0 Å². The minimum absolute atomic E-state index is 0. The summed E-state index contributed by atoms with van der Waals surface area (Å²) in [6.45, 7) is 16.1. The van der Waals surface area contributed by atoms with E-state index >= 15 is 0 Å². The zero-order valence-corrected chi connectivity index (χ0v) is 22.6. The fraction of sp³-hybridized carbons (Fsp3) is 0.864. The molecule has 1 aliphatic heterocycles. The molecule has 0 amide bonds. The second kappa shape index (κ2) is 15.0. The van der Waals surface area contributed by atoms with Gasteiger partial charge in [-0.2, -0.15) is 0 Å². The van der Waals surface area contributed by atoms with E-state index in [1.165, 1.54) is 25.7 Å². The molecule has 9 heteroatoms. The summed E-state index contributed by atoms with van der Waals surface area (Å²) in [5, 5.41) is 15.5. The number of aliphatic imine (C=N–C) groups is 1. The van der Waals surface area contributed by atoms with Gasteiger partial charge in [0.2, 0.25) is 0 Å². The molecule has 1 fully saturated rings. The molecular weight excluding hydrogens is 505 g/mol. The number of ether oxygens (including phenoxy) is 1. The topological polar surface area (TPSA) is 79.6 Å². The lowest BCUT2D eigenvalue weighted by atomic mass is 9.87. The molecule has 0 spiro atoms. The highest BCUT2D eigenvalue weighted by atomic mass is 127. The largest absolute Gasteiger partial charge is 0.379 e. The Balaban J connectivity index is 0.00000480. The molecule has 1 saturated heterocycles. The van der Waals surface area contributed by atoms with Crippen molar-refractivity contribution in [2.75, 3.05) is 45.9 Å². The first-order valence-corrected chi connectivity index (χ1v) is 11.6. The molecule has 0 radical (unpaired) electrons. The van der Waals surface area contributed by atoms with Crippen molar-refractivity contribution in [3.05, 3.63) is 11.6 Å². The summed E-state index contributed by atoms with van der Waals surface area (Å²) < 4.78 is 7.42. The van der Waals surface area contributed by atoms with Crippen LogP contribution in [0.3, 0.4) is 0 Å². The lowest BCUT2D eigenvalue weighted by Gasteiger charge is -2.27. The van der Waals surface area contributed by atoms with Gasteiger partial charge in [0.1, 0.15) is 12.4 Å². The number of halogens is 1. The number of aromatic nitrogens is 3. The Morgan fingerprint density at radius 3 is 2.52 bits per heavy atom. The number of hydrogen-bond donors (Lipinski definition) is 2. The Bertz CT molecular complexity index is 642. The second-order valence-corrected chi connectivity index (χ2v) is 9.10. The van der Waals surface area contributed by atoms with E-state index in [1.54, 1.807) is 0 Å². The quantitative estimate of drug-likeness (QED) is 0.181. The molecule has 8 nitrogen and oxygen atoms in total. The monoisotopic (exact) mass is 549 g/mol. The first-order valence-electron chi connectivity index (χ1n) is 11.6. The number of nitrogens with zero attached hydrogens (tertiary/aromatic N) is 5. The van der Waals surface area contributed by atoms with Crippen molar-refractivity contribution >= 4 is 29.9 Å². The van der Waals surface area contributed by atoms with Crippen LogP contribution in [0.5, 0.6) is 0 Å². The van der Waals surface area contributed by atoms with Crippen LogP contribution in [-0.2, 0) is 18.3 Å². The molecular formula is C22H44IN7O. The van der Waals surface area contributed by atoms with E-state index in [2.05, 4.69) is 46.5 Å². The molecule has 0 saturated carbocycles. The first-order chi connectivity index (χ1) is 14.4. The van der Waals surface area contributed by atoms with E-state index in [-0.39, 0.29) is 29.4 Å². The number of unbranched alkanes of at least 4 members (excludes halogenated alkanes) is 2. The van der Waals surface area contributed by atoms with Crippen LogP contribution in [-0.4, -0.2) is 71.6 Å². The summed E-state index contributed by atoms with van der Waals surface area (Å²) in [6.07, 6.45) is 6.15. The van der Waals surface area contributed by atoms with Crippen molar-refractivity contribution in [1.29, 1.82) is 0 Å². The average molecular weight is 550 g/mol. The van der Waals surface area contributed by atoms with Crippen LogP contribution < -0.4 is 10.6 Å². The Hall–Kier alpha value is -0.940. The van der Waals surface area contributed by atoms with Gasteiger partial charge in [0, 0.05) is 33.2 Å². The Labute approximate surface area is 206 Å². The number of hydrogen-bond acceptors (Lipinski definition) is 5. The third-order valence-corrected chi connectivity index (χ3v) is 5.80. The molecule has 0 bridgehead atoms. The molecule has 1 aliphatic rings. The second-order valence-electron chi connectivity index (χ2n) is 9.10. The van der Waals surface area contributed by atoms with E-state index < -0.39 is 0 Å². The summed E-state index contributed by atoms with van der Waals surface area (Å²) in [6, 6.07) is 0. The third-order valence-electron chi connectivity index (χ3n) is 5.80. The van der Waals surface area contributed by atoms with E-state index in [0.29, 0.717) is 6.54 Å². The highest BCUT2D eigenvalue weighted by molar-refractivity contribution is 14.0. The van der Waals surface area contributed by atoms with Crippen LogP contribution in [0.1, 0.15) is 64.5 Å². The average Bonchev–Trinajstić information content (AvgIpc) is 3.05. The molecule has 2 N–H and O–H groups in total. The maximum absolute atomic E-state index is 5.43. The Morgan fingerprint density at radius 1 is 1.13 bits per heavy atom. The van der Waals surface area contributed by atoms with Crippen LogP contribution in [0.2, 0.25) is 0 Å². The third kappa shape index (κ3) is 11.0. The van der Waals surface area contributed by atoms with E-state index in [0.717, 1.165) is 70.0 Å². The maximum atomic E-state index is 5.43. The standard InChI is InChI=1S/C22H43N7O.HI/c1-6-7-8-10-22(3,4)18-25-21(24-17-20-27-26-19(2)28(20)5)23-11-9-12-29-13-15-30-16-14-29;/h6-18H2,1-5H3,(H2,23,24,25);1H. The van der Waals surface area contributed by atoms with Gasteiger partial charge in [0.15, 0.2) is 11.8 Å². The van der Waals surface area contributed by atoms with Crippen LogP contribution in [0.15, 0.2) is 4.99 Å². The number of nitrogens with one attached hydrogen (secondary N) is 2. The smallest absolute Gasteiger partial charge is 0.191 e. The minimum atomic E-state index is 0. The summed E-state index contributed by atoms with van der Waals surface area (Å²) >= 11 is 0. The minimum Gasteiger partial charge on any atom is -0.379 e. The SMILES string of the molecule is CCCCCC(C)(C)CNC(=NCc1nnc(C)n1C)NCCCN1CCOCC1.I.